The summed E-state index contributed by atoms with van der Waals surface area (Å²) in [6.45, 7) is 3.58. The van der Waals surface area contributed by atoms with E-state index in [0.717, 1.165) is 0 Å². The van der Waals surface area contributed by atoms with Gasteiger partial charge in [-0.2, -0.15) is 15.7 Å². The van der Waals surface area contributed by atoms with Gasteiger partial charge >= 0.3 is 0 Å². The lowest BCUT2D eigenvalue weighted by Gasteiger charge is -2.26. The van der Waals surface area contributed by atoms with Gasteiger partial charge in [0.05, 0.1) is 29.2 Å². The van der Waals surface area contributed by atoms with Crippen molar-refractivity contribution in [3.05, 3.63) is 57.9 Å². The maximum atomic E-state index is 12.4. The highest BCUT2D eigenvalue weighted by molar-refractivity contribution is 6.03. The second-order valence-electron chi connectivity index (χ2n) is 5.67. The molecule has 1 aromatic heterocycles. The average molecular weight is 346 g/mol. The standard InChI is InChI=1S/C17H14N8O/c1-9-13(7-18)15(14(8-19)10(2)20-9)11-4-3-5-12(6-11)16(26)21-17-22-24-25-23-17/h3-6,15,20H,1-2H3,(H2,21,22,23,24,25,26). The SMILES string of the molecule is CC1=C(C#N)C(c2cccc(C(=O)Nc3nn[nH]n3)c2)C(C#N)=C(C)N1. The van der Waals surface area contributed by atoms with Gasteiger partial charge < -0.3 is 5.32 Å². The third-order valence-electron chi connectivity index (χ3n) is 4.05. The molecule has 0 bridgehead atoms. The van der Waals surface area contributed by atoms with Crippen LogP contribution >= 0.6 is 0 Å². The zero-order chi connectivity index (χ0) is 18.7. The molecule has 3 rings (SSSR count). The summed E-state index contributed by atoms with van der Waals surface area (Å²) in [4.78, 5) is 12.4. The molecule has 128 valence electrons. The second kappa shape index (κ2) is 6.87. The number of nitriles is 2. The number of hydrogen-bond acceptors (Lipinski definition) is 7. The first-order valence-electron chi connectivity index (χ1n) is 7.68. The van der Waals surface area contributed by atoms with Gasteiger partial charge in [0, 0.05) is 17.0 Å². The molecule has 0 radical (unpaired) electrons. The number of aromatic amines is 1. The molecule has 1 amide bonds. The fourth-order valence-electron chi connectivity index (χ4n) is 2.87. The van der Waals surface area contributed by atoms with Crippen LogP contribution in [0.25, 0.3) is 0 Å². The van der Waals surface area contributed by atoms with E-state index in [2.05, 4.69) is 43.4 Å². The first-order valence-corrected chi connectivity index (χ1v) is 7.68. The molecule has 0 unspecified atom stereocenters. The van der Waals surface area contributed by atoms with Crippen molar-refractivity contribution in [1.29, 1.82) is 10.5 Å². The molecule has 9 heteroatoms. The van der Waals surface area contributed by atoms with E-state index in [1.165, 1.54) is 0 Å². The van der Waals surface area contributed by atoms with Gasteiger partial charge in [-0.25, -0.2) is 0 Å². The number of tetrazole rings is 1. The Morgan fingerprint density at radius 2 is 1.88 bits per heavy atom. The van der Waals surface area contributed by atoms with Gasteiger partial charge in [0.1, 0.15) is 0 Å². The average Bonchev–Trinajstić information content (AvgIpc) is 3.14. The van der Waals surface area contributed by atoms with Crippen LogP contribution in [0.5, 0.6) is 0 Å². The van der Waals surface area contributed by atoms with E-state index in [0.29, 0.717) is 33.7 Å². The van der Waals surface area contributed by atoms with Crippen molar-refractivity contribution < 1.29 is 4.79 Å². The van der Waals surface area contributed by atoms with Gasteiger partial charge in [-0.3, -0.25) is 10.1 Å². The first kappa shape index (κ1) is 16.9. The summed E-state index contributed by atoms with van der Waals surface area (Å²) in [5, 5.41) is 37.7. The third kappa shape index (κ3) is 3.01. The molecule has 0 spiro atoms. The monoisotopic (exact) mass is 346 g/mol. The minimum Gasteiger partial charge on any atom is -0.361 e. The van der Waals surface area contributed by atoms with Crippen LogP contribution in [0.1, 0.15) is 35.7 Å². The van der Waals surface area contributed by atoms with Gasteiger partial charge in [-0.05, 0) is 36.8 Å². The fourth-order valence-corrected chi connectivity index (χ4v) is 2.87. The Hall–Kier alpha value is -3.98. The maximum Gasteiger partial charge on any atom is 0.270 e. The molecule has 2 heterocycles. The summed E-state index contributed by atoms with van der Waals surface area (Å²) in [7, 11) is 0. The van der Waals surface area contributed by atoms with E-state index < -0.39 is 11.8 Å². The zero-order valence-corrected chi connectivity index (χ0v) is 14.0. The Bertz CT molecular complexity index is 968. The number of allylic oxidation sites excluding steroid dienone is 4. The number of amides is 1. The molecule has 2 aromatic rings. The smallest absolute Gasteiger partial charge is 0.270 e. The molecule has 1 aliphatic heterocycles. The first-order chi connectivity index (χ1) is 12.5. The molecule has 3 N–H and O–H groups in total. The maximum absolute atomic E-state index is 12.4. The summed E-state index contributed by atoms with van der Waals surface area (Å²) in [5.41, 5.74) is 3.31. The molecule has 9 nitrogen and oxygen atoms in total. The zero-order valence-electron chi connectivity index (χ0n) is 14.0. The van der Waals surface area contributed by atoms with Gasteiger partial charge in [0.25, 0.3) is 11.9 Å². The minimum absolute atomic E-state index is 0.0594. The molecular formula is C17H14N8O. The second-order valence-corrected chi connectivity index (χ2v) is 5.67. The van der Waals surface area contributed by atoms with Crippen molar-refractivity contribution in [3.63, 3.8) is 0 Å². The summed E-state index contributed by atoms with van der Waals surface area (Å²) in [5.74, 6) is -0.881. The Kier molecular flexibility index (Phi) is 4.46. The lowest BCUT2D eigenvalue weighted by Crippen LogP contribution is -2.23. The number of benzene rings is 1. The number of carbonyl (C=O) groups excluding carboxylic acids is 1. The van der Waals surface area contributed by atoms with Crippen LogP contribution in [0.2, 0.25) is 0 Å². The lowest BCUT2D eigenvalue weighted by atomic mass is 9.81. The molecule has 0 saturated carbocycles. The number of dihydropyridines is 1. The van der Waals surface area contributed by atoms with Crippen molar-refractivity contribution in [2.45, 2.75) is 19.8 Å². The number of aromatic nitrogens is 4. The highest BCUT2D eigenvalue weighted by atomic mass is 16.1. The van der Waals surface area contributed by atoms with Crippen molar-refractivity contribution in [3.8, 4) is 12.1 Å². The Balaban J connectivity index is 2.01. The number of H-pyrrole nitrogens is 1. The largest absolute Gasteiger partial charge is 0.361 e. The Morgan fingerprint density at radius 1 is 1.19 bits per heavy atom. The van der Waals surface area contributed by atoms with E-state index >= 15 is 0 Å². The normalized spacial score (nSPS) is 14.5. The van der Waals surface area contributed by atoms with Crippen LogP contribution in [0, 0.1) is 22.7 Å². The van der Waals surface area contributed by atoms with Gasteiger partial charge in [0.15, 0.2) is 0 Å². The molecule has 0 fully saturated rings. The highest BCUT2D eigenvalue weighted by Gasteiger charge is 2.29. The predicted octanol–water partition coefficient (Wildman–Crippen LogP) is 1.73. The van der Waals surface area contributed by atoms with Crippen LogP contribution in [-0.2, 0) is 0 Å². The van der Waals surface area contributed by atoms with Crippen molar-refractivity contribution >= 4 is 11.9 Å². The third-order valence-corrected chi connectivity index (χ3v) is 4.05. The van der Waals surface area contributed by atoms with E-state index in [-0.39, 0.29) is 5.95 Å². The van der Waals surface area contributed by atoms with E-state index in [1.54, 1.807) is 38.1 Å². The number of nitrogens with one attached hydrogen (secondary N) is 3. The molecule has 0 saturated heterocycles. The summed E-state index contributed by atoms with van der Waals surface area (Å²) >= 11 is 0. The van der Waals surface area contributed by atoms with Gasteiger partial charge in [-0.15, -0.1) is 5.10 Å². The van der Waals surface area contributed by atoms with Crippen molar-refractivity contribution in [2.75, 3.05) is 5.32 Å². The quantitative estimate of drug-likeness (QED) is 0.767. The number of carbonyl (C=O) groups is 1. The molecule has 1 aliphatic rings. The van der Waals surface area contributed by atoms with E-state index in [4.69, 9.17) is 0 Å². The van der Waals surface area contributed by atoms with Crippen LogP contribution < -0.4 is 10.6 Å². The summed E-state index contributed by atoms with van der Waals surface area (Å²) in [6.07, 6.45) is 0. The molecule has 0 atom stereocenters. The van der Waals surface area contributed by atoms with Gasteiger partial charge in [-0.1, -0.05) is 17.2 Å². The van der Waals surface area contributed by atoms with Crippen molar-refractivity contribution in [2.24, 2.45) is 0 Å². The minimum atomic E-state index is -0.524. The molecule has 26 heavy (non-hydrogen) atoms. The van der Waals surface area contributed by atoms with Crippen LogP contribution in [0.4, 0.5) is 5.95 Å². The Labute approximate surface area is 149 Å². The van der Waals surface area contributed by atoms with Crippen molar-refractivity contribution in [1.82, 2.24) is 25.9 Å². The molecule has 0 aliphatic carbocycles. The number of rotatable bonds is 3. The van der Waals surface area contributed by atoms with Crippen LogP contribution in [0.15, 0.2) is 46.8 Å². The number of anilines is 1. The Morgan fingerprint density at radius 3 is 2.46 bits per heavy atom. The summed E-state index contributed by atoms with van der Waals surface area (Å²) in [6, 6.07) is 11.1. The predicted molar refractivity (Wildman–Crippen MR) is 91.1 cm³/mol. The van der Waals surface area contributed by atoms with Crippen LogP contribution in [0.3, 0.4) is 0 Å². The topological polar surface area (TPSA) is 143 Å². The highest BCUT2D eigenvalue weighted by Crippen LogP contribution is 2.37. The van der Waals surface area contributed by atoms with E-state index in [9.17, 15) is 15.3 Å². The summed E-state index contributed by atoms with van der Waals surface area (Å²) < 4.78 is 0. The van der Waals surface area contributed by atoms with Gasteiger partial charge in [0.2, 0.25) is 0 Å². The molecule has 1 aromatic carbocycles. The van der Waals surface area contributed by atoms with E-state index in [1.807, 2.05) is 0 Å². The fraction of sp³-hybridized carbons (Fsp3) is 0.176. The number of nitrogens with zero attached hydrogens (tertiary/aromatic N) is 5. The molecular weight excluding hydrogens is 332 g/mol. The number of hydrogen-bond donors (Lipinski definition) is 3. The van der Waals surface area contributed by atoms with Crippen LogP contribution in [-0.4, -0.2) is 26.5 Å². The lowest BCUT2D eigenvalue weighted by molar-refractivity contribution is 0.102.